The number of nitrogens with zero attached hydrogens (tertiary/aromatic N) is 3. The zero-order chi connectivity index (χ0) is 22.4. The molecular formula is C22H23N5O4S. The van der Waals surface area contributed by atoms with E-state index in [4.69, 9.17) is 19.9 Å². The number of anilines is 2. The average molecular weight is 454 g/mol. The third kappa shape index (κ3) is 3.18. The van der Waals surface area contributed by atoms with Gasteiger partial charge in [-0.2, -0.15) is 4.98 Å². The Balaban J connectivity index is 1.67. The van der Waals surface area contributed by atoms with Gasteiger partial charge in [0.1, 0.15) is 6.04 Å². The van der Waals surface area contributed by atoms with Crippen molar-refractivity contribution in [2.45, 2.75) is 24.8 Å². The fraction of sp³-hybridized carbons (Fsp3) is 0.318. The first-order valence-corrected chi connectivity index (χ1v) is 11.0. The van der Waals surface area contributed by atoms with Gasteiger partial charge in [0.05, 0.1) is 21.3 Å². The van der Waals surface area contributed by atoms with Crippen molar-refractivity contribution in [2.24, 2.45) is 0 Å². The molecule has 0 spiro atoms. The van der Waals surface area contributed by atoms with E-state index in [-0.39, 0.29) is 17.6 Å². The summed E-state index contributed by atoms with van der Waals surface area (Å²) in [6.45, 7) is 0. The van der Waals surface area contributed by atoms with Crippen molar-refractivity contribution in [1.29, 1.82) is 0 Å². The smallest absolute Gasteiger partial charge is 0.241 e. The van der Waals surface area contributed by atoms with Crippen LogP contribution in [0.5, 0.6) is 17.2 Å². The first-order valence-electron chi connectivity index (χ1n) is 10.1. The number of benzene rings is 1. The molecule has 1 aliphatic carbocycles. The molecule has 0 saturated carbocycles. The SMILES string of the molecule is COc1cc([C@H]2C3=C(C[C@@H](c4cccs4)CC3=O)Nc3nc(N)nn32)cc(OC)c1OC. The van der Waals surface area contributed by atoms with E-state index < -0.39 is 6.04 Å². The number of Topliss-reactive ketones (excluding diaryl/α,β-unsaturated/α-hetero) is 1. The maximum absolute atomic E-state index is 13.5. The topological polar surface area (TPSA) is 114 Å². The number of ketones is 1. The van der Waals surface area contributed by atoms with Crippen LogP contribution in [-0.2, 0) is 4.79 Å². The number of hydrogen-bond donors (Lipinski definition) is 2. The lowest BCUT2D eigenvalue weighted by Crippen LogP contribution is -2.33. The van der Waals surface area contributed by atoms with Gasteiger partial charge in [-0.25, -0.2) is 4.68 Å². The minimum atomic E-state index is -0.517. The predicted molar refractivity (Wildman–Crippen MR) is 121 cm³/mol. The van der Waals surface area contributed by atoms with E-state index in [0.29, 0.717) is 41.6 Å². The van der Waals surface area contributed by atoms with E-state index in [1.54, 1.807) is 37.3 Å². The Kier molecular flexibility index (Phi) is 5.01. The fourth-order valence-electron chi connectivity index (χ4n) is 4.52. The number of allylic oxidation sites excluding steroid dienone is 2. The summed E-state index contributed by atoms with van der Waals surface area (Å²) in [5.41, 5.74) is 8.20. The van der Waals surface area contributed by atoms with Crippen molar-refractivity contribution in [3.63, 3.8) is 0 Å². The number of nitrogen functional groups attached to an aromatic ring is 1. The molecule has 9 nitrogen and oxygen atoms in total. The quantitative estimate of drug-likeness (QED) is 0.605. The fourth-order valence-corrected chi connectivity index (χ4v) is 5.35. The molecule has 3 N–H and O–H groups in total. The van der Waals surface area contributed by atoms with Crippen LogP contribution in [0, 0.1) is 0 Å². The first kappa shape index (κ1) is 20.4. The molecule has 32 heavy (non-hydrogen) atoms. The van der Waals surface area contributed by atoms with Gasteiger partial charge in [-0.3, -0.25) is 4.79 Å². The molecule has 0 radical (unpaired) electrons. The molecule has 1 aromatic carbocycles. The maximum atomic E-state index is 13.5. The molecule has 0 fully saturated rings. The lowest BCUT2D eigenvalue weighted by Gasteiger charge is -2.35. The minimum Gasteiger partial charge on any atom is -0.493 e. The molecule has 2 aliphatic rings. The van der Waals surface area contributed by atoms with Gasteiger partial charge in [0.25, 0.3) is 0 Å². The van der Waals surface area contributed by atoms with E-state index in [2.05, 4.69) is 21.5 Å². The van der Waals surface area contributed by atoms with Gasteiger partial charge in [0, 0.05) is 28.5 Å². The number of nitrogens with two attached hydrogens (primary N) is 1. The van der Waals surface area contributed by atoms with Gasteiger partial charge >= 0.3 is 0 Å². The molecule has 0 saturated heterocycles. The molecule has 1 aliphatic heterocycles. The Bertz CT molecular complexity index is 1190. The van der Waals surface area contributed by atoms with Crippen LogP contribution in [0.4, 0.5) is 11.9 Å². The van der Waals surface area contributed by atoms with Crippen molar-refractivity contribution in [3.05, 3.63) is 51.4 Å². The molecule has 0 unspecified atom stereocenters. The second-order valence-corrected chi connectivity index (χ2v) is 8.64. The Hall–Kier alpha value is -3.53. The highest BCUT2D eigenvalue weighted by atomic mass is 32.1. The largest absolute Gasteiger partial charge is 0.493 e. The predicted octanol–water partition coefficient (Wildman–Crippen LogP) is 3.36. The van der Waals surface area contributed by atoms with Crippen LogP contribution >= 0.6 is 11.3 Å². The van der Waals surface area contributed by atoms with E-state index >= 15 is 0 Å². The summed E-state index contributed by atoms with van der Waals surface area (Å²) in [4.78, 5) is 19.0. The van der Waals surface area contributed by atoms with Crippen molar-refractivity contribution < 1.29 is 19.0 Å². The minimum absolute atomic E-state index is 0.0654. The molecule has 3 aromatic rings. The highest BCUT2D eigenvalue weighted by Crippen LogP contribution is 2.47. The first-order chi connectivity index (χ1) is 15.5. The van der Waals surface area contributed by atoms with Crippen LogP contribution < -0.4 is 25.3 Å². The highest BCUT2D eigenvalue weighted by Gasteiger charge is 2.40. The Morgan fingerprint density at radius 2 is 1.91 bits per heavy atom. The molecule has 0 bridgehead atoms. The lowest BCUT2D eigenvalue weighted by atomic mass is 9.80. The van der Waals surface area contributed by atoms with E-state index in [9.17, 15) is 4.79 Å². The van der Waals surface area contributed by atoms with Gasteiger partial charge in [0.15, 0.2) is 17.3 Å². The zero-order valence-electron chi connectivity index (χ0n) is 17.9. The van der Waals surface area contributed by atoms with Gasteiger partial charge in [-0.05, 0) is 35.6 Å². The van der Waals surface area contributed by atoms with Crippen molar-refractivity contribution in [3.8, 4) is 17.2 Å². The van der Waals surface area contributed by atoms with Crippen LogP contribution in [0.1, 0.15) is 35.2 Å². The van der Waals surface area contributed by atoms with E-state index in [1.165, 1.54) is 4.88 Å². The van der Waals surface area contributed by atoms with Crippen molar-refractivity contribution in [2.75, 3.05) is 32.4 Å². The summed E-state index contributed by atoms with van der Waals surface area (Å²) in [7, 11) is 4.67. The van der Waals surface area contributed by atoms with Crippen molar-refractivity contribution >= 4 is 29.0 Å². The van der Waals surface area contributed by atoms with Crippen LogP contribution in [0.3, 0.4) is 0 Å². The third-order valence-electron chi connectivity index (χ3n) is 5.88. The summed E-state index contributed by atoms with van der Waals surface area (Å²) in [5.74, 6) is 2.30. The summed E-state index contributed by atoms with van der Waals surface area (Å²) in [6, 6.07) is 7.24. The van der Waals surface area contributed by atoms with Gasteiger partial charge in [-0.15, -0.1) is 16.4 Å². The number of ether oxygens (including phenoxy) is 3. The van der Waals surface area contributed by atoms with Gasteiger partial charge in [-0.1, -0.05) is 6.07 Å². The molecular weight excluding hydrogens is 430 g/mol. The number of aromatic nitrogens is 3. The molecule has 5 rings (SSSR count). The lowest BCUT2D eigenvalue weighted by molar-refractivity contribution is -0.116. The standard InChI is InChI=1S/C22H23N5O4S/c1-29-15-9-12(10-16(30-2)20(15)31-3)19-18-13(24-22-25-21(23)26-27(19)22)7-11(8-14(18)28)17-5-4-6-32-17/h4-6,9-11,19H,7-8H2,1-3H3,(H3,23,24,25,26)/t11-,19+/m1/s1. The number of thiophene rings is 1. The van der Waals surface area contributed by atoms with Crippen LogP contribution in [0.15, 0.2) is 40.9 Å². The number of nitrogens with one attached hydrogen (secondary N) is 1. The monoisotopic (exact) mass is 453 g/mol. The number of methoxy groups -OCH3 is 3. The zero-order valence-corrected chi connectivity index (χ0v) is 18.7. The summed E-state index contributed by atoms with van der Waals surface area (Å²) in [5, 5.41) is 9.72. The number of carbonyl (C=O) groups excluding carboxylic acids is 1. The Morgan fingerprint density at radius 1 is 1.16 bits per heavy atom. The maximum Gasteiger partial charge on any atom is 0.241 e. The second kappa shape index (κ2) is 7.86. The van der Waals surface area contributed by atoms with E-state index in [0.717, 1.165) is 11.3 Å². The number of rotatable bonds is 5. The molecule has 3 heterocycles. The second-order valence-electron chi connectivity index (χ2n) is 7.66. The Morgan fingerprint density at radius 3 is 2.53 bits per heavy atom. The molecule has 0 amide bonds. The summed E-state index contributed by atoms with van der Waals surface area (Å²) >= 11 is 1.67. The Labute approximate surface area is 188 Å². The average Bonchev–Trinajstić information content (AvgIpc) is 3.45. The molecule has 2 atom stereocenters. The van der Waals surface area contributed by atoms with Crippen LogP contribution in [-0.4, -0.2) is 41.9 Å². The number of carbonyl (C=O) groups is 1. The normalized spacial score (nSPS) is 19.8. The van der Waals surface area contributed by atoms with Crippen molar-refractivity contribution in [1.82, 2.24) is 14.8 Å². The summed E-state index contributed by atoms with van der Waals surface area (Å²) in [6.07, 6.45) is 1.14. The highest BCUT2D eigenvalue weighted by molar-refractivity contribution is 7.10. The van der Waals surface area contributed by atoms with Crippen LogP contribution in [0.2, 0.25) is 0 Å². The van der Waals surface area contributed by atoms with Gasteiger partial charge < -0.3 is 25.3 Å². The number of hydrogen-bond acceptors (Lipinski definition) is 9. The van der Waals surface area contributed by atoms with E-state index in [1.807, 2.05) is 23.6 Å². The van der Waals surface area contributed by atoms with Crippen LogP contribution in [0.25, 0.3) is 0 Å². The summed E-state index contributed by atoms with van der Waals surface area (Å²) < 4.78 is 18.2. The third-order valence-corrected chi connectivity index (χ3v) is 6.92. The van der Waals surface area contributed by atoms with Gasteiger partial charge in [0.2, 0.25) is 17.6 Å². The molecule has 2 aromatic heterocycles. The molecule has 166 valence electrons. The number of fused-ring (bicyclic) bond motifs is 1. The molecule has 10 heteroatoms.